The molecule has 1 unspecified atom stereocenters. The van der Waals surface area contributed by atoms with Crippen LogP contribution in [0.3, 0.4) is 0 Å². The van der Waals surface area contributed by atoms with Gasteiger partial charge in [-0.2, -0.15) is 13.2 Å². The molecule has 26 heavy (non-hydrogen) atoms. The Morgan fingerprint density at radius 2 is 1.81 bits per heavy atom. The van der Waals surface area contributed by atoms with E-state index in [1.54, 1.807) is 6.92 Å². The largest absolute Gasteiger partial charge is 0.479 e. The average Bonchev–Trinajstić information content (AvgIpc) is 2.55. The van der Waals surface area contributed by atoms with Crippen molar-refractivity contribution in [2.75, 3.05) is 0 Å². The lowest BCUT2D eigenvalue weighted by Crippen LogP contribution is -2.26. The normalized spacial score (nSPS) is 12.5. The molecule has 0 aliphatic rings. The van der Waals surface area contributed by atoms with Crippen molar-refractivity contribution >= 4 is 29.2 Å². The van der Waals surface area contributed by atoms with Crippen LogP contribution in [0.15, 0.2) is 36.4 Å². The van der Waals surface area contributed by atoms with Gasteiger partial charge in [-0.15, -0.1) is 0 Å². The third-order valence-electron chi connectivity index (χ3n) is 3.31. The smallest absolute Gasteiger partial charge is 0.416 e. The molecule has 1 atom stereocenters. The summed E-state index contributed by atoms with van der Waals surface area (Å²) in [6.07, 6.45) is -5.41. The van der Waals surface area contributed by atoms with Crippen LogP contribution in [0, 0.1) is 0 Å². The Labute approximate surface area is 157 Å². The molecule has 1 N–H and O–H groups in total. The van der Waals surface area contributed by atoms with E-state index in [2.05, 4.69) is 0 Å². The van der Waals surface area contributed by atoms with E-state index < -0.39 is 23.8 Å². The Balaban J connectivity index is 2.25. The van der Waals surface area contributed by atoms with Crippen LogP contribution in [-0.4, -0.2) is 17.2 Å². The Hall–Kier alpha value is -2.12. The highest BCUT2D eigenvalue weighted by atomic mass is 35.5. The summed E-state index contributed by atoms with van der Waals surface area (Å²) in [6, 6.07) is 6.88. The minimum Gasteiger partial charge on any atom is -0.479 e. The van der Waals surface area contributed by atoms with E-state index in [-0.39, 0.29) is 33.7 Å². The van der Waals surface area contributed by atoms with Crippen molar-refractivity contribution in [3.05, 3.63) is 52.0 Å². The topological polar surface area (TPSA) is 55.8 Å². The minimum atomic E-state index is -4.52. The lowest BCUT2D eigenvalue weighted by Gasteiger charge is -2.16. The van der Waals surface area contributed by atoms with Crippen LogP contribution in [0.25, 0.3) is 0 Å². The molecule has 2 aromatic rings. The van der Waals surface area contributed by atoms with E-state index in [9.17, 15) is 18.0 Å². The van der Waals surface area contributed by atoms with Crippen LogP contribution in [-0.2, 0) is 11.0 Å². The first-order valence-corrected chi connectivity index (χ1v) is 8.11. The quantitative estimate of drug-likeness (QED) is 0.632. The summed E-state index contributed by atoms with van der Waals surface area (Å²) in [5.74, 6) is -0.911. The zero-order valence-corrected chi connectivity index (χ0v) is 14.8. The number of alkyl halides is 3. The fourth-order valence-corrected chi connectivity index (χ4v) is 2.37. The molecular formula is C17H13Cl2F3O4. The molecule has 4 nitrogen and oxygen atoms in total. The van der Waals surface area contributed by atoms with Gasteiger partial charge in [0.1, 0.15) is 17.2 Å². The molecule has 0 aliphatic heterocycles. The fraction of sp³-hybridized carbons (Fsp3) is 0.235. The maximum absolute atomic E-state index is 12.7. The number of benzene rings is 2. The fourth-order valence-electron chi connectivity index (χ4n) is 1.99. The maximum atomic E-state index is 12.7. The molecule has 0 saturated carbocycles. The number of carbonyl (C=O) groups is 1. The second-order valence-electron chi connectivity index (χ2n) is 5.19. The molecule has 0 amide bonds. The van der Waals surface area contributed by atoms with Gasteiger partial charge in [-0.05, 0) is 36.8 Å². The zero-order valence-electron chi connectivity index (χ0n) is 13.3. The van der Waals surface area contributed by atoms with Crippen molar-refractivity contribution in [1.29, 1.82) is 0 Å². The molecule has 0 aromatic heterocycles. The van der Waals surface area contributed by atoms with Gasteiger partial charge in [-0.1, -0.05) is 30.1 Å². The first kappa shape index (κ1) is 20.2. The van der Waals surface area contributed by atoms with E-state index >= 15 is 0 Å². The van der Waals surface area contributed by atoms with Crippen LogP contribution in [0.4, 0.5) is 13.2 Å². The molecule has 0 bridgehead atoms. The number of carboxylic acids is 1. The number of aliphatic carboxylic acids is 1. The lowest BCUT2D eigenvalue weighted by molar-refractivity contribution is -0.145. The van der Waals surface area contributed by atoms with E-state index in [0.717, 1.165) is 18.2 Å². The first-order chi connectivity index (χ1) is 12.1. The summed E-state index contributed by atoms with van der Waals surface area (Å²) >= 11 is 11.8. The van der Waals surface area contributed by atoms with Crippen LogP contribution < -0.4 is 9.47 Å². The minimum absolute atomic E-state index is 0.00165. The van der Waals surface area contributed by atoms with Crippen molar-refractivity contribution in [2.45, 2.75) is 25.6 Å². The Bertz CT molecular complexity index is 809. The first-order valence-electron chi connectivity index (χ1n) is 7.35. The molecule has 9 heteroatoms. The van der Waals surface area contributed by atoms with Crippen molar-refractivity contribution in [2.24, 2.45) is 0 Å². The highest BCUT2D eigenvalue weighted by Gasteiger charge is 2.31. The van der Waals surface area contributed by atoms with E-state index in [0.29, 0.717) is 0 Å². The van der Waals surface area contributed by atoms with Crippen molar-refractivity contribution < 1.29 is 32.5 Å². The number of rotatable bonds is 6. The highest BCUT2D eigenvalue weighted by Crippen LogP contribution is 2.38. The molecule has 0 fully saturated rings. The van der Waals surface area contributed by atoms with Crippen LogP contribution >= 0.6 is 23.2 Å². The highest BCUT2D eigenvalue weighted by molar-refractivity contribution is 6.32. The van der Waals surface area contributed by atoms with Gasteiger partial charge in [0.25, 0.3) is 0 Å². The Kier molecular flexibility index (Phi) is 6.26. The monoisotopic (exact) mass is 408 g/mol. The van der Waals surface area contributed by atoms with Crippen molar-refractivity contribution in [3.63, 3.8) is 0 Å². The summed E-state index contributed by atoms with van der Waals surface area (Å²) in [5, 5.41) is 8.98. The summed E-state index contributed by atoms with van der Waals surface area (Å²) in [4.78, 5) is 11.1. The van der Waals surface area contributed by atoms with Crippen LogP contribution in [0.1, 0.15) is 18.9 Å². The van der Waals surface area contributed by atoms with Crippen molar-refractivity contribution in [1.82, 2.24) is 0 Å². The number of hydrogen-bond donors (Lipinski definition) is 1. The second-order valence-corrected chi connectivity index (χ2v) is 6.00. The summed E-state index contributed by atoms with van der Waals surface area (Å²) in [6.45, 7) is 1.63. The second kappa shape index (κ2) is 8.05. The molecule has 2 rings (SSSR count). The number of carboxylic acid groups (broad SMARTS) is 1. The van der Waals surface area contributed by atoms with Gasteiger partial charge in [0.2, 0.25) is 0 Å². The van der Waals surface area contributed by atoms with Gasteiger partial charge in [-0.25, -0.2) is 4.79 Å². The van der Waals surface area contributed by atoms with Gasteiger partial charge < -0.3 is 14.6 Å². The number of hydrogen-bond acceptors (Lipinski definition) is 3. The predicted octanol–water partition coefficient (Wildman–Crippen LogP) is 6.05. The third-order valence-corrected chi connectivity index (χ3v) is 3.91. The van der Waals surface area contributed by atoms with Gasteiger partial charge >= 0.3 is 12.1 Å². The molecule has 0 saturated heterocycles. The Morgan fingerprint density at radius 3 is 2.35 bits per heavy atom. The van der Waals surface area contributed by atoms with Crippen LogP contribution in [0.2, 0.25) is 10.0 Å². The lowest BCUT2D eigenvalue weighted by atomic mass is 10.2. The van der Waals surface area contributed by atoms with E-state index in [1.165, 1.54) is 18.2 Å². The van der Waals surface area contributed by atoms with E-state index in [4.69, 9.17) is 37.8 Å². The molecule has 0 aliphatic carbocycles. The number of halogens is 5. The van der Waals surface area contributed by atoms with Gasteiger partial charge in [0.05, 0.1) is 15.6 Å². The summed E-state index contributed by atoms with van der Waals surface area (Å²) in [5.41, 5.74) is -0.901. The third kappa shape index (κ3) is 4.95. The SMILES string of the molecule is CCC(Oc1cc(Oc2ccc(C(F)(F)F)cc2Cl)ccc1Cl)C(=O)O. The molecule has 2 aromatic carbocycles. The summed E-state index contributed by atoms with van der Waals surface area (Å²) in [7, 11) is 0. The predicted molar refractivity (Wildman–Crippen MR) is 90.3 cm³/mol. The average molecular weight is 409 g/mol. The molecule has 140 valence electrons. The summed E-state index contributed by atoms with van der Waals surface area (Å²) < 4.78 is 48.8. The Morgan fingerprint density at radius 1 is 1.12 bits per heavy atom. The molecular weight excluding hydrogens is 396 g/mol. The van der Waals surface area contributed by atoms with E-state index in [1.807, 2.05) is 0 Å². The number of ether oxygens (including phenoxy) is 2. The van der Waals surface area contributed by atoms with Crippen LogP contribution in [0.5, 0.6) is 17.2 Å². The van der Waals surface area contributed by atoms with Crippen molar-refractivity contribution in [3.8, 4) is 17.2 Å². The van der Waals surface area contributed by atoms with Gasteiger partial charge in [0, 0.05) is 6.07 Å². The van der Waals surface area contributed by atoms with Gasteiger partial charge in [0.15, 0.2) is 6.10 Å². The zero-order chi connectivity index (χ0) is 19.5. The maximum Gasteiger partial charge on any atom is 0.416 e. The standard InChI is InChI=1S/C17H13Cl2F3O4/c1-2-13(16(23)24)26-15-8-10(4-5-11(15)18)25-14-6-3-9(7-12(14)19)17(20,21)22/h3-8,13H,2H2,1H3,(H,23,24). The molecule has 0 heterocycles. The van der Waals surface area contributed by atoms with Gasteiger partial charge in [-0.3, -0.25) is 0 Å². The molecule has 0 spiro atoms. The molecule has 0 radical (unpaired) electrons.